The Morgan fingerprint density at radius 1 is 1.00 bits per heavy atom. The molecule has 1 rings (SSSR count). The van der Waals surface area contributed by atoms with Crippen molar-refractivity contribution in [2.75, 3.05) is 6.61 Å². The van der Waals surface area contributed by atoms with Gasteiger partial charge in [-0.05, 0) is 18.4 Å². The molecule has 0 aliphatic carbocycles. The van der Waals surface area contributed by atoms with Crippen LogP contribution in [0.4, 0.5) is 0 Å². The van der Waals surface area contributed by atoms with Crippen LogP contribution in [0, 0.1) is 0 Å². The number of hydrogen-bond donors (Lipinski definition) is 3. The number of ketones is 1. The second kappa shape index (κ2) is 10.9. The third-order valence-electron chi connectivity index (χ3n) is 3.71. The van der Waals surface area contributed by atoms with Gasteiger partial charge in [-0.3, -0.25) is 9.59 Å². The highest BCUT2D eigenvalue weighted by molar-refractivity contribution is 5.96. The molecule has 0 aliphatic rings. The molecule has 0 spiro atoms. The third kappa shape index (κ3) is 7.36. The first kappa shape index (κ1) is 19.3. The van der Waals surface area contributed by atoms with Crippen LogP contribution in [0.5, 0.6) is 0 Å². The van der Waals surface area contributed by atoms with Crippen LogP contribution in [-0.4, -0.2) is 28.6 Å². The molecule has 0 amide bonds. The average molecular weight is 323 g/mol. The first-order valence-electron chi connectivity index (χ1n) is 7.90. The Kier molecular flexibility index (Phi) is 9.12. The van der Waals surface area contributed by atoms with E-state index in [0.717, 1.165) is 32.1 Å². The van der Waals surface area contributed by atoms with Crippen LogP contribution in [0.3, 0.4) is 0 Å². The molecule has 0 aliphatic heterocycles. The van der Waals surface area contributed by atoms with Crippen molar-refractivity contribution in [3.8, 4) is 0 Å². The van der Waals surface area contributed by atoms with Crippen molar-refractivity contribution in [3.05, 3.63) is 35.4 Å². The summed E-state index contributed by atoms with van der Waals surface area (Å²) in [6.07, 6.45) is 4.28. The van der Waals surface area contributed by atoms with Crippen LogP contribution < -0.4 is 5.90 Å². The minimum absolute atomic E-state index is 0.0711. The molecular formula is C17H25NO5. The minimum Gasteiger partial charge on any atom is -0.393 e. The second-order valence-corrected chi connectivity index (χ2v) is 5.50. The Morgan fingerprint density at radius 3 is 2.13 bits per heavy atom. The zero-order valence-corrected chi connectivity index (χ0v) is 13.2. The molecule has 0 saturated heterocycles. The fourth-order valence-corrected chi connectivity index (χ4v) is 2.29. The highest BCUT2D eigenvalue weighted by atomic mass is 16.7. The number of nitrogens with two attached hydrogens (primary N) is 1. The Bertz CT molecular complexity index is 486. The summed E-state index contributed by atoms with van der Waals surface area (Å²) in [5, 5.41) is 18.3. The van der Waals surface area contributed by atoms with Crippen molar-refractivity contribution < 1.29 is 24.6 Å². The molecule has 1 unspecified atom stereocenters. The maximum Gasteiger partial charge on any atom is 0.324 e. The van der Waals surface area contributed by atoms with Gasteiger partial charge in [0.05, 0.1) is 6.61 Å². The first-order valence-corrected chi connectivity index (χ1v) is 7.90. The SMILES string of the molecule is NOC(=O)CCCCCCCC(=O)c1ccc(C(O)CO)cc1. The molecule has 6 nitrogen and oxygen atoms in total. The van der Waals surface area contributed by atoms with Gasteiger partial charge in [-0.15, -0.1) is 0 Å². The number of benzene rings is 1. The summed E-state index contributed by atoms with van der Waals surface area (Å²) in [5.74, 6) is 4.42. The Labute approximate surface area is 136 Å². The van der Waals surface area contributed by atoms with Crippen molar-refractivity contribution in [2.45, 2.75) is 51.0 Å². The number of aliphatic hydroxyl groups is 2. The van der Waals surface area contributed by atoms with Crippen LogP contribution in [0.1, 0.15) is 67.0 Å². The Hall–Kier alpha value is -1.76. The Morgan fingerprint density at radius 2 is 1.57 bits per heavy atom. The number of hydrogen-bond acceptors (Lipinski definition) is 6. The summed E-state index contributed by atoms with van der Waals surface area (Å²) in [6, 6.07) is 6.67. The molecule has 1 aromatic carbocycles. The fourth-order valence-electron chi connectivity index (χ4n) is 2.29. The van der Waals surface area contributed by atoms with Gasteiger partial charge in [0.25, 0.3) is 0 Å². The molecule has 4 N–H and O–H groups in total. The van der Waals surface area contributed by atoms with E-state index >= 15 is 0 Å². The fraction of sp³-hybridized carbons (Fsp3) is 0.529. The molecule has 1 aromatic rings. The van der Waals surface area contributed by atoms with Crippen LogP contribution in [0.15, 0.2) is 24.3 Å². The summed E-state index contributed by atoms with van der Waals surface area (Å²) < 4.78 is 0. The van der Waals surface area contributed by atoms with E-state index in [1.807, 2.05) is 0 Å². The highest BCUT2D eigenvalue weighted by Gasteiger charge is 2.09. The maximum absolute atomic E-state index is 12.0. The summed E-state index contributed by atoms with van der Waals surface area (Å²) in [7, 11) is 0. The second-order valence-electron chi connectivity index (χ2n) is 5.50. The molecule has 0 saturated carbocycles. The lowest BCUT2D eigenvalue weighted by molar-refractivity contribution is -0.144. The van der Waals surface area contributed by atoms with Gasteiger partial charge < -0.3 is 15.1 Å². The van der Waals surface area contributed by atoms with E-state index in [9.17, 15) is 14.7 Å². The van der Waals surface area contributed by atoms with Gasteiger partial charge in [-0.2, -0.15) is 5.90 Å². The van der Waals surface area contributed by atoms with E-state index in [0.29, 0.717) is 24.0 Å². The van der Waals surface area contributed by atoms with Gasteiger partial charge >= 0.3 is 5.97 Å². The molecular weight excluding hydrogens is 298 g/mol. The topological polar surface area (TPSA) is 110 Å². The van der Waals surface area contributed by atoms with Gasteiger partial charge in [-0.25, -0.2) is 0 Å². The molecule has 0 bridgehead atoms. The molecule has 23 heavy (non-hydrogen) atoms. The number of aliphatic hydroxyl groups excluding tert-OH is 2. The largest absolute Gasteiger partial charge is 0.393 e. The lowest BCUT2D eigenvalue weighted by Gasteiger charge is -2.08. The number of carbonyl (C=O) groups is 2. The molecule has 0 fully saturated rings. The van der Waals surface area contributed by atoms with Gasteiger partial charge in [0, 0.05) is 18.4 Å². The first-order chi connectivity index (χ1) is 11.1. The van der Waals surface area contributed by atoms with E-state index in [1.165, 1.54) is 0 Å². The summed E-state index contributed by atoms with van der Waals surface area (Å²) in [4.78, 5) is 26.9. The molecule has 0 heterocycles. The van der Waals surface area contributed by atoms with Gasteiger partial charge in [0.15, 0.2) is 5.78 Å². The molecule has 1 atom stereocenters. The number of rotatable bonds is 11. The smallest absolute Gasteiger partial charge is 0.324 e. The van der Waals surface area contributed by atoms with E-state index in [-0.39, 0.29) is 12.4 Å². The van der Waals surface area contributed by atoms with E-state index in [1.54, 1.807) is 24.3 Å². The van der Waals surface area contributed by atoms with Gasteiger partial charge in [0.1, 0.15) is 6.10 Å². The summed E-state index contributed by atoms with van der Waals surface area (Å²) >= 11 is 0. The third-order valence-corrected chi connectivity index (χ3v) is 3.71. The van der Waals surface area contributed by atoms with Crippen molar-refractivity contribution in [1.82, 2.24) is 0 Å². The van der Waals surface area contributed by atoms with Crippen LogP contribution in [0.25, 0.3) is 0 Å². The van der Waals surface area contributed by atoms with Crippen molar-refractivity contribution in [2.24, 2.45) is 5.90 Å². The van der Waals surface area contributed by atoms with Crippen LogP contribution >= 0.6 is 0 Å². The highest BCUT2D eigenvalue weighted by Crippen LogP contribution is 2.15. The lowest BCUT2D eigenvalue weighted by atomic mass is 10.0. The molecule has 0 radical (unpaired) electrons. The average Bonchev–Trinajstić information content (AvgIpc) is 2.59. The summed E-state index contributed by atoms with van der Waals surface area (Å²) in [5.41, 5.74) is 1.21. The number of carbonyl (C=O) groups excluding carboxylic acids is 2. The quantitative estimate of drug-likeness (QED) is 0.326. The molecule has 0 aromatic heterocycles. The van der Waals surface area contributed by atoms with E-state index in [2.05, 4.69) is 4.84 Å². The van der Waals surface area contributed by atoms with Crippen LogP contribution in [-0.2, 0) is 9.63 Å². The number of Topliss-reactive ketones (excluding diaryl/α,β-unsaturated/α-hetero) is 1. The van der Waals surface area contributed by atoms with Crippen LogP contribution in [0.2, 0.25) is 0 Å². The molecule has 128 valence electrons. The lowest BCUT2D eigenvalue weighted by Crippen LogP contribution is -2.09. The van der Waals surface area contributed by atoms with Gasteiger partial charge in [0.2, 0.25) is 0 Å². The zero-order valence-electron chi connectivity index (χ0n) is 13.2. The van der Waals surface area contributed by atoms with Crippen molar-refractivity contribution in [1.29, 1.82) is 0 Å². The molecule has 6 heteroatoms. The van der Waals surface area contributed by atoms with Gasteiger partial charge in [-0.1, -0.05) is 43.5 Å². The van der Waals surface area contributed by atoms with E-state index < -0.39 is 12.1 Å². The monoisotopic (exact) mass is 323 g/mol. The van der Waals surface area contributed by atoms with E-state index in [4.69, 9.17) is 11.0 Å². The van der Waals surface area contributed by atoms with Crippen molar-refractivity contribution >= 4 is 11.8 Å². The summed E-state index contributed by atoms with van der Waals surface area (Å²) in [6.45, 7) is -0.337. The maximum atomic E-state index is 12.0. The zero-order chi connectivity index (χ0) is 17.1. The Balaban J connectivity index is 2.20. The predicted octanol–water partition coefficient (Wildman–Crippen LogP) is 2.04. The number of unbranched alkanes of at least 4 members (excludes halogenated alkanes) is 4. The predicted molar refractivity (Wildman–Crippen MR) is 85.4 cm³/mol. The standard InChI is InChI=1S/C17H25NO5/c18-23-17(22)7-5-3-1-2-4-6-15(20)13-8-10-14(11-9-13)16(21)12-19/h8-11,16,19,21H,1-7,12,18H2. The normalized spacial score (nSPS) is 12.0. The van der Waals surface area contributed by atoms with Crippen molar-refractivity contribution in [3.63, 3.8) is 0 Å². The minimum atomic E-state index is -0.907.